The maximum absolute atomic E-state index is 13.3. The lowest BCUT2D eigenvalue weighted by Crippen LogP contribution is -2.44. The lowest BCUT2D eigenvalue weighted by Gasteiger charge is -2.40. The molecule has 0 fully saturated rings. The zero-order chi connectivity index (χ0) is 20.5. The third-order valence-corrected chi connectivity index (χ3v) is 5.51. The Morgan fingerprint density at radius 1 is 1.00 bits per heavy atom. The quantitative estimate of drug-likeness (QED) is 0.594. The van der Waals surface area contributed by atoms with Crippen molar-refractivity contribution in [2.75, 3.05) is 10.2 Å². The van der Waals surface area contributed by atoms with Crippen molar-refractivity contribution < 1.29 is 9.18 Å². The van der Waals surface area contributed by atoms with Gasteiger partial charge in [0, 0.05) is 23.0 Å². The van der Waals surface area contributed by atoms with Crippen LogP contribution in [0.5, 0.6) is 0 Å². The summed E-state index contributed by atoms with van der Waals surface area (Å²) in [5.41, 5.74) is 5.90. The molecular weight excluding hydrogens is 363 g/mol. The zero-order valence-electron chi connectivity index (χ0n) is 16.9. The molecule has 0 aliphatic carbocycles. The Bertz CT molecular complexity index is 1040. The first-order valence-electron chi connectivity index (χ1n) is 9.95. The van der Waals surface area contributed by atoms with Crippen molar-refractivity contribution in [1.82, 2.24) is 0 Å². The number of benzene rings is 3. The first-order chi connectivity index (χ1) is 13.9. The molecule has 0 saturated carbocycles. The minimum atomic E-state index is -0.341. The molecular formula is C25H25FN2O. The summed E-state index contributed by atoms with van der Waals surface area (Å²) in [5.74, 6) is -0.440. The number of amides is 1. The van der Waals surface area contributed by atoms with Gasteiger partial charge in [-0.25, -0.2) is 4.39 Å². The first kappa shape index (κ1) is 19.2. The Labute approximate surface area is 171 Å². The fourth-order valence-corrected chi connectivity index (χ4v) is 4.08. The summed E-state index contributed by atoms with van der Waals surface area (Å²) in [4.78, 5) is 15.1. The summed E-state index contributed by atoms with van der Waals surface area (Å²) in [6.07, 6.45) is 0.789. The van der Waals surface area contributed by atoms with E-state index in [0.29, 0.717) is 5.56 Å². The van der Waals surface area contributed by atoms with E-state index in [1.807, 2.05) is 17.9 Å². The van der Waals surface area contributed by atoms with Gasteiger partial charge in [-0.3, -0.25) is 4.79 Å². The molecule has 1 heterocycles. The monoisotopic (exact) mass is 388 g/mol. The molecule has 1 amide bonds. The van der Waals surface area contributed by atoms with Crippen molar-refractivity contribution in [3.63, 3.8) is 0 Å². The molecule has 1 aliphatic rings. The molecule has 4 heteroatoms. The van der Waals surface area contributed by atoms with Crippen LogP contribution in [0.25, 0.3) is 0 Å². The van der Waals surface area contributed by atoms with E-state index in [0.717, 1.165) is 28.9 Å². The minimum Gasteiger partial charge on any atom is -0.378 e. The Hall–Kier alpha value is -3.14. The number of rotatable bonds is 3. The van der Waals surface area contributed by atoms with Crippen LogP contribution < -0.4 is 10.2 Å². The van der Waals surface area contributed by atoms with E-state index >= 15 is 0 Å². The number of carbonyl (C=O) groups excluding carboxylic acids is 1. The summed E-state index contributed by atoms with van der Waals surface area (Å²) in [6.45, 7) is 6.18. The Morgan fingerprint density at radius 2 is 1.72 bits per heavy atom. The van der Waals surface area contributed by atoms with E-state index in [2.05, 4.69) is 55.6 Å². The third kappa shape index (κ3) is 3.88. The summed E-state index contributed by atoms with van der Waals surface area (Å²) >= 11 is 0. The van der Waals surface area contributed by atoms with Crippen molar-refractivity contribution >= 4 is 17.3 Å². The molecule has 29 heavy (non-hydrogen) atoms. The highest BCUT2D eigenvalue weighted by molar-refractivity contribution is 6.07. The maximum atomic E-state index is 13.3. The van der Waals surface area contributed by atoms with Crippen LogP contribution in [0, 0.1) is 19.7 Å². The van der Waals surface area contributed by atoms with Gasteiger partial charge in [0.05, 0.1) is 6.04 Å². The standard InChI is InChI=1S/C25H25FN2O/c1-16-5-4-6-21(13-16)27-23-15-18(3)28(24-14-17(2)7-12-22(23)24)25(29)19-8-10-20(26)11-9-19/h4-14,18,23,27H,15H2,1-3H3/t18-,23+/m1/s1. The molecule has 0 saturated heterocycles. The van der Waals surface area contributed by atoms with Crippen molar-refractivity contribution in [3.8, 4) is 0 Å². The lowest BCUT2D eigenvalue weighted by molar-refractivity contribution is 0.0974. The second kappa shape index (κ2) is 7.70. The van der Waals surface area contributed by atoms with E-state index < -0.39 is 0 Å². The number of anilines is 2. The zero-order valence-corrected chi connectivity index (χ0v) is 16.9. The van der Waals surface area contributed by atoms with Crippen molar-refractivity contribution in [2.24, 2.45) is 0 Å². The number of hydrogen-bond donors (Lipinski definition) is 1. The average Bonchev–Trinajstić information content (AvgIpc) is 2.68. The summed E-state index contributed by atoms with van der Waals surface area (Å²) in [6, 6.07) is 20.5. The number of nitrogens with one attached hydrogen (secondary N) is 1. The van der Waals surface area contributed by atoms with Gasteiger partial charge in [-0.1, -0.05) is 24.3 Å². The van der Waals surface area contributed by atoms with Gasteiger partial charge in [0.25, 0.3) is 5.91 Å². The van der Waals surface area contributed by atoms with Crippen LogP contribution >= 0.6 is 0 Å². The van der Waals surface area contributed by atoms with Gasteiger partial charge < -0.3 is 10.2 Å². The second-order valence-corrected chi connectivity index (χ2v) is 7.90. The maximum Gasteiger partial charge on any atom is 0.258 e. The van der Waals surface area contributed by atoms with E-state index in [9.17, 15) is 9.18 Å². The molecule has 4 rings (SSSR count). The van der Waals surface area contributed by atoms with E-state index in [1.54, 1.807) is 12.1 Å². The van der Waals surface area contributed by atoms with Gasteiger partial charge in [-0.2, -0.15) is 0 Å². The molecule has 0 bridgehead atoms. The molecule has 1 N–H and O–H groups in total. The molecule has 3 aromatic rings. The smallest absolute Gasteiger partial charge is 0.258 e. The highest BCUT2D eigenvalue weighted by Gasteiger charge is 2.34. The Balaban J connectivity index is 1.72. The van der Waals surface area contributed by atoms with Gasteiger partial charge in [0.1, 0.15) is 5.82 Å². The van der Waals surface area contributed by atoms with Crippen LogP contribution in [-0.4, -0.2) is 11.9 Å². The molecule has 0 aromatic heterocycles. The fraction of sp³-hybridized carbons (Fsp3) is 0.240. The number of fused-ring (bicyclic) bond motifs is 1. The molecule has 0 unspecified atom stereocenters. The molecule has 2 atom stereocenters. The number of aryl methyl sites for hydroxylation is 2. The summed E-state index contributed by atoms with van der Waals surface area (Å²) < 4.78 is 13.3. The number of nitrogens with zero attached hydrogens (tertiary/aromatic N) is 1. The molecule has 3 aromatic carbocycles. The van der Waals surface area contributed by atoms with Gasteiger partial charge in [-0.05, 0) is 86.3 Å². The van der Waals surface area contributed by atoms with E-state index in [1.165, 1.54) is 17.7 Å². The molecule has 1 aliphatic heterocycles. The van der Waals surface area contributed by atoms with Gasteiger partial charge >= 0.3 is 0 Å². The number of carbonyl (C=O) groups is 1. The largest absolute Gasteiger partial charge is 0.378 e. The van der Waals surface area contributed by atoms with Crippen LogP contribution in [0.3, 0.4) is 0 Å². The average molecular weight is 388 g/mol. The fourth-order valence-electron chi connectivity index (χ4n) is 4.08. The highest BCUT2D eigenvalue weighted by atomic mass is 19.1. The van der Waals surface area contributed by atoms with E-state index in [4.69, 9.17) is 0 Å². The van der Waals surface area contributed by atoms with Gasteiger partial charge in [0.15, 0.2) is 0 Å². The molecule has 0 spiro atoms. The molecule has 148 valence electrons. The van der Waals surface area contributed by atoms with Crippen molar-refractivity contribution in [2.45, 2.75) is 39.3 Å². The van der Waals surface area contributed by atoms with Crippen LogP contribution in [0.15, 0.2) is 66.7 Å². The molecule has 3 nitrogen and oxygen atoms in total. The van der Waals surface area contributed by atoms with E-state index in [-0.39, 0.29) is 23.8 Å². The highest BCUT2D eigenvalue weighted by Crippen LogP contribution is 2.40. The third-order valence-electron chi connectivity index (χ3n) is 5.51. The molecule has 0 radical (unpaired) electrons. The normalized spacial score (nSPS) is 18.3. The number of hydrogen-bond acceptors (Lipinski definition) is 2. The van der Waals surface area contributed by atoms with Crippen molar-refractivity contribution in [3.05, 3.63) is 94.8 Å². The minimum absolute atomic E-state index is 0.00385. The van der Waals surface area contributed by atoms with Gasteiger partial charge in [0.2, 0.25) is 0 Å². The second-order valence-electron chi connectivity index (χ2n) is 7.90. The lowest BCUT2D eigenvalue weighted by atomic mass is 9.90. The topological polar surface area (TPSA) is 32.3 Å². The van der Waals surface area contributed by atoms with Gasteiger partial charge in [-0.15, -0.1) is 0 Å². The van der Waals surface area contributed by atoms with Crippen LogP contribution in [0.4, 0.5) is 15.8 Å². The summed E-state index contributed by atoms with van der Waals surface area (Å²) in [5, 5.41) is 3.65. The van der Waals surface area contributed by atoms with Crippen molar-refractivity contribution in [1.29, 1.82) is 0 Å². The van der Waals surface area contributed by atoms with Crippen LogP contribution in [0.2, 0.25) is 0 Å². The number of halogens is 1. The Kier molecular flexibility index (Phi) is 5.10. The summed E-state index contributed by atoms with van der Waals surface area (Å²) in [7, 11) is 0. The predicted octanol–water partition coefficient (Wildman–Crippen LogP) is 6.03. The van der Waals surface area contributed by atoms with Crippen LogP contribution in [0.1, 0.15) is 46.4 Å². The Morgan fingerprint density at radius 3 is 2.45 bits per heavy atom. The first-order valence-corrected chi connectivity index (χ1v) is 9.95. The predicted molar refractivity (Wildman–Crippen MR) is 116 cm³/mol. The SMILES string of the molecule is Cc1cccc(N[C@H]2C[C@@H](C)N(C(=O)c3ccc(F)cc3)c3cc(C)ccc32)c1. The van der Waals surface area contributed by atoms with Crippen LogP contribution in [-0.2, 0) is 0 Å².